The number of nitrogens with one attached hydrogen (secondary N) is 2. The number of hydrogen-bond donors (Lipinski definition) is 3. The molecule has 6 heteroatoms. The van der Waals surface area contributed by atoms with E-state index in [9.17, 15) is 9.90 Å². The maximum Gasteiger partial charge on any atom is 0.337 e. The van der Waals surface area contributed by atoms with Crippen LogP contribution in [-0.2, 0) is 6.42 Å². The van der Waals surface area contributed by atoms with E-state index in [1.165, 1.54) is 5.56 Å². The van der Waals surface area contributed by atoms with Crippen molar-refractivity contribution in [2.24, 2.45) is 0 Å². The van der Waals surface area contributed by atoms with E-state index in [4.69, 9.17) is 0 Å². The van der Waals surface area contributed by atoms with Crippen LogP contribution in [-0.4, -0.2) is 21.0 Å². The minimum Gasteiger partial charge on any atom is -0.478 e. The molecule has 0 fully saturated rings. The first-order valence-corrected chi connectivity index (χ1v) is 8.78. The van der Waals surface area contributed by atoms with Crippen molar-refractivity contribution in [3.63, 3.8) is 0 Å². The minimum absolute atomic E-state index is 0.190. The molecule has 0 spiro atoms. The number of anilines is 4. The highest BCUT2D eigenvalue weighted by Gasteiger charge is 2.11. The van der Waals surface area contributed by atoms with Gasteiger partial charge in [-0.2, -0.15) is 0 Å². The summed E-state index contributed by atoms with van der Waals surface area (Å²) in [6, 6.07) is 14.7. The predicted octanol–water partition coefficient (Wildman–Crippen LogP) is 4.84. The molecule has 0 atom stereocenters. The van der Waals surface area contributed by atoms with Gasteiger partial charge in [0, 0.05) is 11.8 Å². The van der Waals surface area contributed by atoms with Crippen LogP contribution in [0.2, 0.25) is 0 Å². The largest absolute Gasteiger partial charge is 0.478 e. The lowest BCUT2D eigenvalue weighted by molar-refractivity contribution is 0.0698. The van der Waals surface area contributed by atoms with Crippen LogP contribution < -0.4 is 10.6 Å². The van der Waals surface area contributed by atoms with E-state index in [1.54, 1.807) is 37.3 Å². The Bertz CT molecular complexity index is 986. The first-order chi connectivity index (χ1) is 13.0. The van der Waals surface area contributed by atoms with E-state index in [2.05, 4.69) is 46.6 Å². The Balaban J connectivity index is 1.93. The monoisotopic (exact) mass is 362 g/mol. The summed E-state index contributed by atoms with van der Waals surface area (Å²) in [5.41, 5.74) is 4.05. The zero-order valence-electron chi connectivity index (χ0n) is 15.6. The summed E-state index contributed by atoms with van der Waals surface area (Å²) in [5, 5.41) is 15.8. The summed E-state index contributed by atoms with van der Waals surface area (Å²) in [4.78, 5) is 20.3. The fraction of sp³-hybridized carbons (Fsp3) is 0.190. The number of benzene rings is 2. The van der Waals surface area contributed by atoms with Crippen molar-refractivity contribution in [1.82, 2.24) is 9.97 Å². The standard InChI is InChI=1S/C21H22N4O2/c1-4-15-9-7-8-13(2)20(15)25-19-12-18(22-14(3)23-19)24-17-11-6-5-10-16(17)21(26)27/h5-12H,4H2,1-3H3,(H,26,27)(H2,22,23,24,25). The number of carbonyl (C=O) groups is 1. The molecule has 0 aliphatic carbocycles. The van der Waals surface area contributed by atoms with Crippen molar-refractivity contribution in [2.75, 3.05) is 10.6 Å². The molecule has 0 aliphatic heterocycles. The van der Waals surface area contributed by atoms with Gasteiger partial charge in [-0.15, -0.1) is 0 Å². The van der Waals surface area contributed by atoms with Crippen molar-refractivity contribution >= 4 is 29.0 Å². The van der Waals surface area contributed by atoms with Crippen molar-refractivity contribution in [3.8, 4) is 0 Å². The van der Waals surface area contributed by atoms with Gasteiger partial charge >= 0.3 is 5.97 Å². The molecule has 3 aromatic rings. The molecule has 0 bridgehead atoms. The first-order valence-electron chi connectivity index (χ1n) is 8.78. The molecule has 0 aliphatic rings. The topological polar surface area (TPSA) is 87.1 Å². The summed E-state index contributed by atoms with van der Waals surface area (Å²) in [5.74, 6) is 0.781. The number of carboxylic acid groups (broad SMARTS) is 1. The number of nitrogens with zero attached hydrogens (tertiary/aromatic N) is 2. The molecule has 2 aromatic carbocycles. The van der Waals surface area contributed by atoms with Gasteiger partial charge in [-0.3, -0.25) is 0 Å². The summed E-state index contributed by atoms with van der Waals surface area (Å²) < 4.78 is 0. The molecule has 0 unspecified atom stereocenters. The van der Waals surface area contributed by atoms with Crippen LogP contribution in [0.1, 0.15) is 34.2 Å². The Hall–Kier alpha value is -3.41. The lowest BCUT2D eigenvalue weighted by Gasteiger charge is -2.15. The highest BCUT2D eigenvalue weighted by atomic mass is 16.4. The smallest absolute Gasteiger partial charge is 0.337 e. The second kappa shape index (κ2) is 7.86. The molecule has 0 saturated carbocycles. The number of para-hydroxylation sites is 2. The molecule has 0 amide bonds. The van der Waals surface area contributed by atoms with Crippen LogP contribution >= 0.6 is 0 Å². The zero-order valence-corrected chi connectivity index (χ0v) is 15.6. The van der Waals surface area contributed by atoms with Crippen molar-refractivity contribution in [3.05, 3.63) is 71.0 Å². The number of carboxylic acids is 1. The molecule has 1 heterocycles. The first kappa shape index (κ1) is 18.4. The van der Waals surface area contributed by atoms with Gasteiger partial charge in [0.05, 0.1) is 11.3 Å². The number of hydrogen-bond acceptors (Lipinski definition) is 5. The maximum absolute atomic E-state index is 11.4. The van der Waals surface area contributed by atoms with E-state index < -0.39 is 5.97 Å². The summed E-state index contributed by atoms with van der Waals surface area (Å²) in [6.45, 7) is 5.97. The van der Waals surface area contributed by atoms with E-state index >= 15 is 0 Å². The predicted molar refractivity (Wildman–Crippen MR) is 107 cm³/mol. The second-order valence-corrected chi connectivity index (χ2v) is 6.25. The molecule has 0 saturated heterocycles. The third kappa shape index (κ3) is 4.23. The SMILES string of the molecule is CCc1cccc(C)c1Nc1cc(Nc2ccccc2C(=O)O)nc(C)n1. The second-order valence-electron chi connectivity index (χ2n) is 6.25. The normalized spacial score (nSPS) is 10.5. The van der Waals surface area contributed by atoms with Crippen LogP contribution in [0.15, 0.2) is 48.5 Å². The maximum atomic E-state index is 11.4. The van der Waals surface area contributed by atoms with E-state index in [-0.39, 0.29) is 5.56 Å². The van der Waals surface area contributed by atoms with Gasteiger partial charge in [0.15, 0.2) is 0 Å². The Kier molecular flexibility index (Phi) is 5.35. The van der Waals surface area contributed by atoms with Crippen molar-refractivity contribution in [1.29, 1.82) is 0 Å². The number of rotatable bonds is 6. The van der Waals surface area contributed by atoms with Crippen LogP contribution in [0.5, 0.6) is 0 Å². The highest BCUT2D eigenvalue weighted by Crippen LogP contribution is 2.27. The average Bonchev–Trinajstić information content (AvgIpc) is 2.63. The van der Waals surface area contributed by atoms with Crippen molar-refractivity contribution in [2.45, 2.75) is 27.2 Å². The molecular formula is C21H22N4O2. The van der Waals surface area contributed by atoms with E-state index in [0.717, 1.165) is 17.7 Å². The lowest BCUT2D eigenvalue weighted by atomic mass is 10.1. The molecule has 27 heavy (non-hydrogen) atoms. The Morgan fingerprint density at radius 3 is 2.41 bits per heavy atom. The van der Waals surface area contributed by atoms with Crippen LogP contribution in [0.25, 0.3) is 0 Å². The number of aromatic carboxylic acids is 1. The average molecular weight is 362 g/mol. The highest BCUT2D eigenvalue weighted by molar-refractivity contribution is 5.95. The van der Waals surface area contributed by atoms with Crippen LogP contribution in [0, 0.1) is 13.8 Å². The number of aromatic nitrogens is 2. The molecule has 0 radical (unpaired) electrons. The van der Waals surface area contributed by atoms with Gasteiger partial charge in [-0.1, -0.05) is 37.3 Å². The van der Waals surface area contributed by atoms with E-state index in [1.807, 2.05) is 6.07 Å². The molecular weight excluding hydrogens is 340 g/mol. The van der Waals surface area contributed by atoms with Crippen LogP contribution in [0.3, 0.4) is 0 Å². The Morgan fingerprint density at radius 1 is 1.00 bits per heavy atom. The fourth-order valence-electron chi connectivity index (χ4n) is 2.94. The Morgan fingerprint density at radius 2 is 1.70 bits per heavy atom. The third-order valence-corrected chi connectivity index (χ3v) is 4.25. The van der Waals surface area contributed by atoms with Crippen LogP contribution in [0.4, 0.5) is 23.0 Å². The molecule has 138 valence electrons. The quantitative estimate of drug-likeness (QED) is 0.581. The molecule has 6 nitrogen and oxygen atoms in total. The zero-order chi connectivity index (χ0) is 19.4. The minimum atomic E-state index is -0.991. The van der Waals surface area contributed by atoms with Gasteiger partial charge in [-0.05, 0) is 43.5 Å². The Labute approximate surface area is 158 Å². The summed E-state index contributed by atoms with van der Waals surface area (Å²) >= 11 is 0. The molecule has 3 rings (SSSR count). The van der Waals surface area contributed by atoms with Gasteiger partial charge in [0.25, 0.3) is 0 Å². The van der Waals surface area contributed by atoms with Gasteiger partial charge < -0.3 is 15.7 Å². The third-order valence-electron chi connectivity index (χ3n) is 4.25. The lowest BCUT2D eigenvalue weighted by Crippen LogP contribution is -2.06. The van der Waals surface area contributed by atoms with Gasteiger partial charge in [-0.25, -0.2) is 14.8 Å². The van der Waals surface area contributed by atoms with Crippen molar-refractivity contribution < 1.29 is 9.90 Å². The van der Waals surface area contributed by atoms with Gasteiger partial charge in [0.1, 0.15) is 17.5 Å². The fourth-order valence-corrected chi connectivity index (χ4v) is 2.94. The molecule has 3 N–H and O–H groups in total. The summed E-state index contributed by atoms with van der Waals surface area (Å²) in [6.07, 6.45) is 0.908. The van der Waals surface area contributed by atoms with Gasteiger partial charge in [0.2, 0.25) is 0 Å². The molecule has 1 aromatic heterocycles. The number of aryl methyl sites for hydroxylation is 3. The van der Waals surface area contributed by atoms with E-state index in [0.29, 0.717) is 23.1 Å². The summed E-state index contributed by atoms with van der Waals surface area (Å²) in [7, 11) is 0.